The first-order valence-corrected chi connectivity index (χ1v) is 5.35. The topological polar surface area (TPSA) is 101 Å². The number of anilines is 1. The number of nitroso groups, excluding NO2 is 2. The number of aromatic nitrogens is 1. The van der Waals surface area contributed by atoms with Crippen LogP contribution in [0.1, 0.15) is 0 Å². The number of fused-ring (bicyclic) bond motifs is 1. The monoisotopic (exact) mass is 248 g/mol. The summed E-state index contributed by atoms with van der Waals surface area (Å²) in [6, 6.07) is 4.80. The van der Waals surface area contributed by atoms with Crippen LogP contribution in [0.5, 0.6) is 0 Å². The minimum absolute atomic E-state index is 0.406. The van der Waals surface area contributed by atoms with E-state index >= 15 is 0 Å². The molecule has 0 aliphatic rings. The molecule has 17 heavy (non-hydrogen) atoms. The number of rotatable bonds is 5. The Morgan fingerprint density at radius 1 is 1.35 bits per heavy atom. The van der Waals surface area contributed by atoms with Crippen LogP contribution in [0.4, 0.5) is 5.13 Å². The van der Waals surface area contributed by atoms with Crippen LogP contribution in [-0.4, -0.2) is 18.4 Å². The zero-order valence-electron chi connectivity index (χ0n) is 8.36. The molecule has 9 heteroatoms. The quantitative estimate of drug-likeness (QED) is 0.486. The maximum atomic E-state index is 10.4. The number of nitrogens with one attached hydrogen (secondary N) is 1. The third kappa shape index (κ3) is 2.18. The molecule has 0 saturated heterocycles. The summed E-state index contributed by atoms with van der Waals surface area (Å²) >= 11 is 1.23. The average Bonchev–Trinajstić information content (AvgIpc) is 2.73. The van der Waals surface area contributed by atoms with Crippen molar-refractivity contribution in [1.29, 1.82) is 0 Å². The van der Waals surface area contributed by atoms with Gasteiger partial charge in [-0.05, 0) is 17.6 Å². The van der Waals surface area contributed by atoms with Crippen LogP contribution >= 0.6 is 11.3 Å². The summed E-state index contributed by atoms with van der Waals surface area (Å²) in [5.74, 6) is 0. The molecule has 7 nitrogen and oxygen atoms in total. The lowest BCUT2D eigenvalue weighted by Crippen LogP contribution is -2.24. The van der Waals surface area contributed by atoms with Gasteiger partial charge in [-0.15, -0.1) is 0 Å². The van der Waals surface area contributed by atoms with E-state index in [0.29, 0.717) is 22.5 Å². The van der Waals surface area contributed by atoms with Crippen LogP contribution < -0.4 is 10.8 Å². The lowest BCUT2D eigenvalue weighted by molar-refractivity contribution is -0.105. The van der Waals surface area contributed by atoms with Gasteiger partial charge < -0.3 is 5.32 Å². The standard InChI is InChI=1S/C8H5BN4O3S/c14-4-10-8-11-6-2-1-5(3-7(6)17-8)9(12-15)13-16/h1-4H,(H,10,11,14). The predicted molar refractivity (Wildman–Crippen MR) is 66.3 cm³/mol. The van der Waals surface area contributed by atoms with Crippen LogP contribution in [0.15, 0.2) is 28.4 Å². The Labute approximate surface area is 99.3 Å². The number of nitrogens with zero attached hydrogens (tertiary/aromatic N) is 3. The molecule has 1 aromatic carbocycles. The first-order valence-electron chi connectivity index (χ1n) is 4.54. The number of benzene rings is 1. The second-order valence-corrected chi connectivity index (χ2v) is 4.12. The van der Waals surface area contributed by atoms with Crippen LogP contribution in [0.3, 0.4) is 0 Å². The lowest BCUT2D eigenvalue weighted by Gasteiger charge is -1.95. The zero-order chi connectivity index (χ0) is 12.3. The van der Waals surface area contributed by atoms with Gasteiger partial charge >= 0.3 is 6.98 Å². The van der Waals surface area contributed by atoms with Gasteiger partial charge in [0.05, 0.1) is 10.2 Å². The maximum Gasteiger partial charge on any atom is 0.548 e. The Morgan fingerprint density at radius 3 is 2.76 bits per heavy atom. The van der Waals surface area contributed by atoms with Crippen molar-refractivity contribution in [1.82, 2.24) is 4.98 Å². The highest BCUT2D eigenvalue weighted by Gasteiger charge is 2.21. The van der Waals surface area contributed by atoms with E-state index in [-0.39, 0.29) is 0 Å². The molecule has 1 aromatic heterocycles. The number of amides is 1. The van der Waals surface area contributed by atoms with Gasteiger partial charge in [-0.25, -0.2) is 4.98 Å². The van der Waals surface area contributed by atoms with E-state index in [2.05, 4.69) is 20.5 Å². The molecule has 2 rings (SSSR count). The van der Waals surface area contributed by atoms with E-state index in [1.54, 1.807) is 18.2 Å². The zero-order valence-corrected chi connectivity index (χ0v) is 9.18. The van der Waals surface area contributed by atoms with Gasteiger partial charge in [0.2, 0.25) is 6.41 Å². The number of carbonyl (C=O) groups excluding carboxylic acids is 1. The molecule has 1 heterocycles. The highest BCUT2D eigenvalue weighted by molar-refractivity contribution is 7.22. The molecular formula is C8H5BN4O3S. The van der Waals surface area contributed by atoms with Gasteiger partial charge in [0.25, 0.3) is 0 Å². The van der Waals surface area contributed by atoms with Crippen molar-refractivity contribution in [2.75, 3.05) is 5.32 Å². The van der Waals surface area contributed by atoms with Gasteiger partial charge in [0, 0.05) is 0 Å². The van der Waals surface area contributed by atoms with E-state index < -0.39 is 6.98 Å². The Kier molecular flexibility index (Phi) is 3.19. The van der Waals surface area contributed by atoms with Gasteiger partial charge in [0.15, 0.2) is 5.13 Å². The summed E-state index contributed by atoms with van der Waals surface area (Å²) in [4.78, 5) is 35.1. The summed E-state index contributed by atoms with van der Waals surface area (Å²) in [5, 5.41) is 8.10. The fourth-order valence-corrected chi connectivity index (χ4v) is 2.23. The third-order valence-electron chi connectivity index (χ3n) is 2.09. The molecule has 0 unspecified atom stereocenters. The van der Waals surface area contributed by atoms with Crippen molar-refractivity contribution < 1.29 is 4.79 Å². The highest BCUT2D eigenvalue weighted by Crippen LogP contribution is 2.24. The van der Waals surface area contributed by atoms with Crippen molar-refractivity contribution >= 4 is 45.5 Å². The van der Waals surface area contributed by atoms with E-state index in [9.17, 15) is 14.6 Å². The fourth-order valence-electron chi connectivity index (χ4n) is 1.35. The Bertz CT molecular complexity index is 579. The van der Waals surface area contributed by atoms with Gasteiger partial charge in [0.1, 0.15) is 0 Å². The summed E-state index contributed by atoms with van der Waals surface area (Å²) in [7, 11) is 0. The number of thiazole rings is 1. The number of hydrogen-bond acceptors (Lipinski definition) is 7. The fraction of sp³-hybridized carbons (Fsp3) is 0. The van der Waals surface area contributed by atoms with E-state index in [0.717, 1.165) is 4.70 Å². The Hall–Kier alpha value is -2.16. The smallest absolute Gasteiger partial charge is 0.305 e. The normalized spacial score (nSPS) is 9.88. The SMILES string of the molecule is O=CNc1nc2ccc(B(N=O)N=O)cc2s1. The third-order valence-corrected chi connectivity index (χ3v) is 3.04. The molecule has 1 N–H and O–H groups in total. The molecule has 0 fully saturated rings. The molecule has 0 radical (unpaired) electrons. The minimum atomic E-state index is -1.25. The maximum absolute atomic E-state index is 10.4. The van der Waals surface area contributed by atoms with Crippen LogP contribution in [0, 0.1) is 9.81 Å². The van der Waals surface area contributed by atoms with E-state index in [1.165, 1.54) is 11.3 Å². The lowest BCUT2D eigenvalue weighted by atomic mass is 9.71. The Morgan fingerprint density at radius 2 is 2.12 bits per heavy atom. The molecule has 0 atom stereocenters. The number of hydrogen-bond donors (Lipinski definition) is 1. The van der Waals surface area contributed by atoms with E-state index in [1.807, 2.05) is 0 Å². The van der Waals surface area contributed by atoms with Gasteiger partial charge in [-0.1, -0.05) is 27.6 Å². The van der Waals surface area contributed by atoms with Crippen molar-refractivity contribution in [3.8, 4) is 0 Å². The molecule has 0 spiro atoms. The first-order chi connectivity index (χ1) is 8.28. The van der Waals surface area contributed by atoms with Crippen molar-refractivity contribution in [3.05, 3.63) is 28.0 Å². The van der Waals surface area contributed by atoms with Gasteiger partial charge in [-0.2, -0.15) is 9.81 Å². The predicted octanol–water partition coefficient (Wildman–Crippen LogP) is 1.09. The van der Waals surface area contributed by atoms with E-state index in [4.69, 9.17) is 0 Å². The van der Waals surface area contributed by atoms with Crippen molar-refractivity contribution in [3.63, 3.8) is 0 Å². The second kappa shape index (κ2) is 4.79. The van der Waals surface area contributed by atoms with Gasteiger partial charge in [-0.3, -0.25) is 4.79 Å². The van der Waals surface area contributed by atoms with Crippen molar-refractivity contribution in [2.45, 2.75) is 0 Å². The van der Waals surface area contributed by atoms with Crippen LogP contribution in [0.2, 0.25) is 0 Å². The average molecular weight is 248 g/mol. The molecule has 1 amide bonds. The molecule has 0 saturated carbocycles. The molecule has 2 aromatic rings. The first kappa shape index (κ1) is 11.3. The Balaban J connectivity index is 2.45. The largest absolute Gasteiger partial charge is 0.548 e. The summed E-state index contributed by atoms with van der Waals surface area (Å²) in [6.45, 7) is -1.25. The second-order valence-electron chi connectivity index (χ2n) is 3.09. The highest BCUT2D eigenvalue weighted by atomic mass is 32.1. The molecule has 0 aliphatic carbocycles. The summed E-state index contributed by atoms with van der Waals surface area (Å²) in [6.07, 6.45) is 0.529. The molecule has 84 valence electrons. The van der Waals surface area contributed by atoms with Crippen molar-refractivity contribution in [2.24, 2.45) is 10.2 Å². The molecular weight excluding hydrogens is 243 g/mol. The van der Waals surface area contributed by atoms with Crippen LogP contribution in [-0.2, 0) is 4.79 Å². The molecule has 0 aliphatic heterocycles. The molecule has 0 bridgehead atoms. The summed E-state index contributed by atoms with van der Waals surface area (Å²) < 4.78 is 0.740. The minimum Gasteiger partial charge on any atom is -0.305 e. The van der Waals surface area contributed by atoms with Crippen LogP contribution in [0.25, 0.3) is 10.2 Å². The number of carbonyl (C=O) groups is 1. The summed E-state index contributed by atoms with van der Waals surface area (Å²) in [5.41, 5.74) is 1.07.